The average molecular weight is 236 g/mol. The molecule has 3 nitrogen and oxygen atoms in total. The highest BCUT2D eigenvalue weighted by molar-refractivity contribution is 5.17. The quantitative estimate of drug-likeness (QED) is 0.823. The van der Waals surface area contributed by atoms with Gasteiger partial charge in [0, 0.05) is 12.1 Å². The Morgan fingerprint density at radius 3 is 2.82 bits per heavy atom. The second-order valence-electron chi connectivity index (χ2n) is 5.38. The van der Waals surface area contributed by atoms with E-state index in [9.17, 15) is 0 Å². The highest BCUT2D eigenvalue weighted by Gasteiger charge is 2.15. The Hall–Kier alpha value is -0.800. The minimum absolute atomic E-state index is 0.687. The number of rotatable bonds is 6. The molecular weight excluding hydrogens is 212 g/mol. The molecule has 0 radical (unpaired) electrons. The van der Waals surface area contributed by atoms with E-state index in [-0.39, 0.29) is 0 Å². The molecule has 1 aliphatic rings. The molecule has 3 heteroatoms. The molecule has 2 heterocycles. The summed E-state index contributed by atoms with van der Waals surface area (Å²) in [6.45, 7) is 9.88. The molecule has 1 aliphatic heterocycles. The van der Waals surface area contributed by atoms with Crippen LogP contribution in [0.3, 0.4) is 0 Å². The van der Waals surface area contributed by atoms with Crippen molar-refractivity contribution in [2.75, 3.05) is 19.6 Å². The highest BCUT2D eigenvalue weighted by Crippen LogP contribution is 2.17. The zero-order valence-corrected chi connectivity index (χ0v) is 11.0. The molecule has 0 unspecified atom stereocenters. The van der Waals surface area contributed by atoms with Crippen molar-refractivity contribution in [3.8, 4) is 0 Å². The van der Waals surface area contributed by atoms with Crippen molar-refractivity contribution in [3.63, 3.8) is 0 Å². The summed E-state index contributed by atoms with van der Waals surface area (Å²) in [4.78, 5) is 2.51. The van der Waals surface area contributed by atoms with Gasteiger partial charge in [-0.25, -0.2) is 0 Å². The summed E-state index contributed by atoms with van der Waals surface area (Å²) in [5, 5.41) is 3.44. The Bertz CT molecular complexity index is 327. The Labute approximate surface area is 104 Å². The number of nitrogens with zero attached hydrogens (tertiary/aromatic N) is 1. The SMILES string of the molecule is CC(C)CNCc1occc1CN1CCCC1. The van der Waals surface area contributed by atoms with Gasteiger partial charge in [0.25, 0.3) is 0 Å². The van der Waals surface area contributed by atoms with Gasteiger partial charge in [0.15, 0.2) is 0 Å². The maximum absolute atomic E-state index is 5.57. The first-order chi connectivity index (χ1) is 8.25. The minimum Gasteiger partial charge on any atom is -0.468 e. The van der Waals surface area contributed by atoms with Crippen LogP contribution >= 0.6 is 0 Å². The van der Waals surface area contributed by atoms with Crippen LogP contribution in [0.5, 0.6) is 0 Å². The molecule has 1 fully saturated rings. The Morgan fingerprint density at radius 1 is 1.35 bits per heavy atom. The number of furan rings is 1. The van der Waals surface area contributed by atoms with E-state index in [0.29, 0.717) is 5.92 Å². The average Bonchev–Trinajstić information content (AvgIpc) is 2.91. The minimum atomic E-state index is 0.687. The molecule has 1 aromatic rings. The van der Waals surface area contributed by atoms with Gasteiger partial charge in [-0.2, -0.15) is 0 Å². The van der Waals surface area contributed by atoms with Gasteiger partial charge in [-0.1, -0.05) is 13.8 Å². The summed E-state index contributed by atoms with van der Waals surface area (Å²) in [7, 11) is 0. The second kappa shape index (κ2) is 6.22. The summed E-state index contributed by atoms with van der Waals surface area (Å²) >= 11 is 0. The predicted octanol–water partition coefficient (Wildman–Crippen LogP) is 2.62. The lowest BCUT2D eigenvalue weighted by molar-refractivity contribution is 0.326. The Kier molecular flexibility index (Phi) is 4.63. The van der Waals surface area contributed by atoms with Gasteiger partial charge in [-0.05, 0) is 44.5 Å². The Morgan fingerprint density at radius 2 is 2.12 bits per heavy atom. The number of nitrogens with one attached hydrogen (secondary N) is 1. The highest BCUT2D eigenvalue weighted by atomic mass is 16.3. The van der Waals surface area contributed by atoms with Crippen LogP contribution < -0.4 is 5.32 Å². The summed E-state index contributed by atoms with van der Waals surface area (Å²) in [5.74, 6) is 1.80. The van der Waals surface area contributed by atoms with E-state index < -0.39 is 0 Å². The van der Waals surface area contributed by atoms with Gasteiger partial charge in [0.1, 0.15) is 5.76 Å². The lowest BCUT2D eigenvalue weighted by Gasteiger charge is -2.14. The van der Waals surface area contributed by atoms with Crippen LogP contribution in [0.2, 0.25) is 0 Å². The van der Waals surface area contributed by atoms with E-state index in [1.54, 1.807) is 0 Å². The third kappa shape index (κ3) is 3.86. The van der Waals surface area contributed by atoms with Gasteiger partial charge in [-0.15, -0.1) is 0 Å². The van der Waals surface area contributed by atoms with Gasteiger partial charge >= 0.3 is 0 Å². The zero-order chi connectivity index (χ0) is 12.1. The van der Waals surface area contributed by atoms with E-state index in [0.717, 1.165) is 25.4 Å². The van der Waals surface area contributed by atoms with Crippen molar-refractivity contribution < 1.29 is 4.42 Å². The van der Waals surface area contributed by atoms with Crippen LogP contribution in [-0.2, 0) is 13.1 Å². The lowest BCUT2D eigenvalue weighted by atomic mass is 10.2. The van der Waals surface area contributed by atoms with Gasteiger partial charge in [0.2, 0.25) is 0 Å². The number of hydrogen-bond donors (Lipinski definition) is 1. The van der Waals surface area contributed by atoms with E-state index in [2.05, 4.69) is 30.1 Å². The molecule has 0 saturated carbocycles. The number of hydrogen-bond acceptors (Lipinski definition) is 3. The van der Waals surface area contributed by atoms with Crippen LogP contribution in [-0.4, -0.2) is 24.5 Å². The molecule has 0 amide bonds. The van der Waals surface area contributed by atoms with Crippen LogP contribution in [0.25, 0.3) is 0 Å². The van der Waals surface area contributed by atoms with Crippen molar-refractivity contribution in [1.29, 1.82) is 0 Å². The molecule has 1 aromatic heterocycles. The second-order valence-corrected chi connectivity index (χ2v) is 5.38. The first-order valence-electron chi connectivity index (χ1n) is 6.74. The van der Waals surface area contributed by atoms with E-state index in [4.69, 9.17) is 4.42 Å². The topological polar surface area (TPSA) is 28.4 Å². The van der Waals surface area contributed by atoms with Crippen molar-refractivity contribution >= 4 is 0 Å². The monoisotopic (exact) mass is 236 g/mol. The third-order valence-electron chi connectivity index (χ3n) is 3.27. The molecule has 0 spiro atoms. The molecule has 1 N–H and O–H groups in total. The van der Waals surface area contributed by atoms with E-state index in [1.807, 2.05) is 6.26 Å². The standard InChI is InChI=1S/C14H24N2O/c1-12(2)9-15-10-14-13(5-8-17-14)11-16-6-3-4-7-16/h5,8,12,15H,3-4,6-7,9-11H2,1-2H3. The maximum atomic E-state index is 5.57. The first kappa shape index (κ1) is 12.7. The van der Waals surface area contributed by atoms with Crippen molar-refractivity contribution in [2.24, 2.45) is 5.92 Å². The fourth-order valence-electron chi connectivity index (χ4n) is 2.32. The Balaban J connectivity index is 1.83. The first-order valence-corrected chi connectivity index (χ1v) is 6.74. The van der Waals surface area contributed by atoms with Gasteiger partial charge < -0.3 is 9.73 Å². The maximum Gasteiger partial charge on any atom is 0.122 e. The molecule has 0 bridgehead atoms. The van der Waals surface area contributed by atoms with E-state index >= 15 is 0 Å². The lowest BCUT2D eigenvalue weighted by Crippen LogP contribution is -2.22. The predicted molar refractivity (Wildman–Crippen MR) is 69.8 cm³/mol. The molecule has 1 saturated heterocycles. The summed E-state index contributed by atoms with van der Waals surface area (Å²) in [6, 6.07) is 2.12. The molecular formula is C14H24N2O. The normalized spacial score (nSPS) is 17.1. The smallest absolute Gasteiger partial charge is 0.122 e. The molecule has 96 valence electrons. The molecule has 0 atom stereocenters. The summed E-state index contributed by atoms with van der Waals surface area (Å²) in [6.07, 6.45) is 4.51. The molecule has 0 aromatic carbocycles. The van der Waals surface area contributed by atoms with Gasteiger partial charge in [-0.3, -0.25) is 4.90 Å². The van der Waals surface area contributed by atoms with Crippen LogP contribution in [0.4, 0.5) is 0 Å². The summed E-state index contributed by atoms with van der Waals surface area (Å²) in [5.41, 5.74) is 1.35. The molecule has 17 heavy (non-hydrogen) atoms. The zero-order valence-electron chi connectivity index (χ0n) is 11.0. The third-order valence-corrected chi connectivity index (χ3v) is 3.27. The summed E-state index contributed by atoms with van der Waals surface area (Å²) < 4.78 is 5.57. The van der Waals surface area contributed by atoms with Crippen molar-refractivity contribution in [3.05, 3.63) is 23.7 Å². The van der Waals surface area contributed by atoms with Crippen LogP contribution in [0.15, 0.2) is 16.7 Å². The van der Waals surface area contributed by atoms with Gasteiger partial charge in [0.05, 0.1) is 12.8 Å². The number of likely N-dealkylation sites (tertiary alicyclic amines) is 1. The van der Waals surface area contributed by atoms with Crippen molar-refractivity contribution in [1.82, 2.24) is 10.2 Å². The molecule has 0 aliphatic carbocycles. The largest absolute Gasteiger partial charge is 0.468 e. The van der Waals surface area contributed by atoms with E-state index in [1.165, 1.54) is 31.5 Å². The fraction of sp³-hybridized carbons (Fsp3) is 0.714. The van der Waals surface area contributed by atoms with Crippen LogP contribution in [0, 0.1) is 5.92 Å². The van der Waals surface area contributed by atoms with Crippen LogP contribution in [0.1, 0.15) is 38.0 Å². The van der Waals surface area contributed by atoms with Crippen molar-refractivity contribution in [2.45, 2.75) is 39.8 Å². The fourth-order valence-corrected chi connectivity index (χ4v) is 2.32. The molecule has 2 rings (SSSR count).